The van der Waals surface area contributed by atoms with Crippen LogP contribution in [0.4, 0.5) is 16.0 Å². The highest BCUT2D eigenvalue weighted by molar-refractivity contribution is 5.96. The summed E-state index contributed by atoms with van der Waals surface area (Å²) in [5.41, 5.74) is 12.5. The summed E-state index contributed by atoms with van der Waals surface area (Å²) in [5, 5.41) is 24.3. The molecule has 19 heteroatoms. The van der Waals surface area contributed by atoms with Gasteiger partial charge in [-0.2, -0.15) is 10.4 Å². The third-order valence-corrected chi connectivity index (χ3v) is 16.8. The molecule has 4 amide bonds. The molecule has 5 heterocycles. The molecule has 5 aromatic rings. The molecule has 82 heavy (non-hydrogen) atoms. The van der Waals surface area contributed by atoms with Crippen LogP contribution in [0.25, 0.3) is 11.3 Å². The van der Waals surface area contributed by atoms with E-state index < -0.39 is 29.4 Å². The Labute approximate surface area is 480 Å². The maximum Gasteiger partial charge on any atom is 0.254 e. The van der Waals surface area contributed by atoms with Crippen molar-refractivity contribution < 1.29 is 33.1 Å². The molecule has 4 aliphatic rings. The highest BCUT2D eigenvalue weighted by atomic mass is 19.1. The minimum Gasteiger partial charge on any atom is -0.494 e. The number of hydrogen-bond donors (Lipinski definition) is 4. The van der Waals surface area contributed by atoms with E-state index in [9.17, 15) is 33.6 Å². The molecular formula is C63H79FN12O6. The number of aromatic nitrogens is 4. The Bertz CT molecular complexity index is 3220. The van der Waals surface area contributed by atoms with Gasteiger partial charge in [0.1, 0.15) is 35.5 Å². The van der Waals surface area contributed by atoms with Gasteiger partial charge in [-0.25, -0.2) is 14.4 Å². The van der Waals surface area contributed by atoms with Crippen LogP contribution in [0.1, 0.15) is 173 Å². The number of carbonyl (C=O) groups is 5. The summed E-state index contributed by atoms with van der Waals surface area (Å²) in [7, 11) is 3.37. The molecule has 5 N–H and O–H groups in total. The van der Waals surface area contributed by atoms with Crippen LogP contribution in [0.15, 0.2) is 66.9 Å². The predicted molar refractivity (Wildman–Crippen MR) is 311 cm³/mol. The number of aryl methyl sites for hydroxylation is 2. The van der Waals surface area contributed by atoms with E-state index >= 15 is 0 Å². The van der Waals surface area contributed by atoms with Crippen LogP contribution in [0.5, 0.6) is 5.75 Å². The Kier molecular flexibility index (Phi) is 18.7. The van der Waals surface area contributed by atoms with Gasteiger partial charge in [0.15, 0.2) is 17.3 Å². The number of likely N-dealkylation sites (N-methyl/N-ethyl adjacent to an activating group) is 1. The lowest BCUT2D eigenvalue weighted by Crippen LogP contribution is -2.62. The van der Waals surface area contributed by atoms with Gasteiger partial charge in [-0.15, -0.1) is 0 Å². The van der Waals surface area contributed by atoms with Crippen molar-refractivity contribution in [3.63, 3.8) is 0 Å². The van der Waals surface area contributed by atoms with Crippen molar-refractivity contribution in [2.24, 2.45) is 5.41 Å². The number of ether oxygens (including phenoxy) is 1. The lowest BCUT2D eigenvalue weighted by Gasteiger charge is -2.41. The number of unbranched alkanes of at least 4 members (excludes halogenated alkanes) is 5. The number of nitrogens with two attached hydrogens (primary N) is 1. The number of carbonyl (C=O) groups excluding carboxylic acids is 5. The molecule has 0 unspecified atom stereocenters. The number of benzene rings is 3. The highest BCUT2D eigenvalue weighted by Crippen LogP contribution is 2.41. The van der Waals surface area contributed by atoms with Crippen LogP contribution in [-0.2, 0) is 51.7 Å². The molecular weight excluding hydrogens is 1040 g/mol. The number of fused-ring (bicyclic) bond motifs is 10. The monoisotopic (exact) mass is 1120 g/mol. The zero-order valence-electron chi connectivity index (χ0n) is 48.4. The summed E-state index contributed by atoms with van der Waals surface area (Å²) >= 11 is 0. The highest BCUT2D eigenvalue weighted by Gasteiger charge is 2.43. The summed E-state index contributed by atoms with van der Waals surface area (Å²) < 4.78 is 22.8. The third kappa shape index (κ3) is 13.3. The molecule has 18 nitrogen and oxygen atoms in total. The first kappa shape index (κ1) is 58.9. The summed E-state index contributed by atoms with van der Waals surface area (Å²) in [6.45, 7) is 9.19. The van der Waals surface area contributed by atoms with E-state index in [-0.39, 0.29) is 66.1 Å². The van der Waals surface area contributed by atoms with Crippen LogP contribution in [0, 0.1) is 22.6 Å². The smallest absolute Gasteiger partial charge is 0.254 e. The van der Waals surface area contributed by atoms with Crippen molar-refractivity contribution in [1.82, 2.24) is 45.5 Å². The van der Waals surface area contributed by atoms with Crippen molar-refractivity contribution in [3.05, 3.63) is 117 Å². The minimum absolute atomic E-state index is 0.0745. The minimum atomic E-state index is -0.880. The molecule has 9 rings (SSSR count). The van der Waals surface area contributed by atoms with Crippen molar-refractivity contribution >= 4 is 41.0 Å². The Morgan fingerprint density at radius 3 is 2.46 bits per heavy atom. The average Bonchev–Trinajstić information content (AvgIpc) is 3.66. The lowest BCUT2D eigenvalue weighted by atomic mass is 9.83. The molecule has 0 spiro atoms. The zero-order chi connectivity index (χ0) is 58.2. The van der Waals surface area contributed by atoms with E-state index in [2.05, 4.69) is 44.2 Å². The molecule has 3 aliphatic heterocycles. The zero-order valence-corrected chi connectivity index (χ0v) is 48.4. The van der Waals surface area contributed by atoms with Gasteiger partial charge >= 0.3 is 0 Å². The van der Waals surface area contributed by atoms with Crippen LogP contribution >= 0.6 is 0 Å². The van der Waals surface area contributed by atoms with Crippen LogP contribution in [0.2, 0.25) is 0 Å². The molecule has 2 aromatic heterocycles. The number of rotatable bonds is 20. The van der Waals surface area contributed by atoms with Gasteiger partial charge in [0, 0.05) is 51.5 Å². The van der Waals surface area contributed by atoms with E-state index in [1.54, 1.807) is 35.5 Å². The van der Waals surface area contributed by atoms with Crippen molar-refractivity contribution in [1.29, 1.82) is 5.26 Å². The maximum absolute atomic E-state index is 14.8. The maximum atomic E-state index is 14.8. The quantitative estimate of drug-likeness (QED) is 0.0535. The number of Topliss-reactive ketones (excluding diaryl/α,β-unsaturated/α-hetero) is 1. The fourth-order valence-corrected chi connectivity index (χ4v) is 12.1. The van der Waals surface area contributed by atoms with Gasteiger partial charge in [0.05, 0.1) is 54.4 Å². The molecule has 0 saturated carbocycles. The average molecular weight is 1120 g/mol. The van der Waals surface area contributed by atoms with E-state index in [0.29, 0.717) is 91.4 Å². The normalized spacial score (nSPS) is 18.3. The van der Waals surface area contributed by atoms with Crippen molar-refractivity contribution in [2.75, 3.05) is 37.9 Å². The number of ketones is 1. The van der Waals surface area contributed by atoms with Gasteiger partial charge in [-0.3, -0.25) is 28.7 Å². The van der Waals surface area contributed by atoms with Gasteiger partial charge in [0.25, 0.3) is 5.91 Å². The molecule has 2 bridgehead atoms. The van der Waals surface area contributed by atoms with E-state index in [0.717, 1.165) is 80.9 Å². The second-order valence-corrected chi connectivity index (χ2v) is 23.7. The molecule has 1 aliphatic carbocycles. The number of nitrogens with zero attached hydrogens (tertiary/aromatic N) is 8. The number of nitriles is 1. The molecule has 1 saturated heterocycles. The first-order valence-corrected chi connectivity index (χ1v) is 29.3. The summed E-state index contributed by atoms with van der Waals surface area (Å²) in [5.74, 6) is -0.114. The van der Waals surface area contributed by atoms with E-state index in [1.165, 1.54) is 30.0 Å². The van der Waals surface area contributed by atoms with E-state index in [1.807, 2.05) is 56.0 Å². The van der Waals surface area contributed by atoms with Crippen LogP contribution < -0.4 is 31.3 Å². The fraction of sp³-hybridized carbons (Fsp3) is 0.508. The van der Waals surface area contributed by atoms with Crippen LogP contribution in [-0.4, -0.2) is 104 Å². The van der Waals surface area contributed by atoms with Crippen LogP contribution in [0.3, 0.4) is 0 Å². The van der Waals surface area contributed by atoms with Gasteiger partial charge in [-0.1, -0.05) is 76.8 Å². The first-order chi connectivity index (χ1) is 39.4. The van der Waals surface area contributed by atoms with Crippen molar-refractivity contribution in [2.45, 2.75) is 174 Å². The fourth-order valence-electron chi connectivity index (χ4n) is 12.1. The number of nitrogens with one attached hydrogen (secondary N) is 3. The van der Waals surface area contributed by atoms with Crippen molar-refractivity contribution in [3.8, 4) is 23.1 Å². The molecule has 0 radical (unpaired) electrons. The largest absolute Gasteiger partial charge is 0.494 e. The van der Waals surface area contributed by atoms with Gasteiger partial charge < -0.3 is 41.1 Å². The first-order valence-electron chi connectivity index (χ1n) is 29.3. The second kappa shape index (κ2) is 26.0. The number of amides is 4. The standard InChI is InChI=1S/C63H79FN12O6/c1-39(67-5)59(78)71-56(63(2,3)4)62(81)75-37-42-32-45(27-25-41(42)33-53(75)60(79)70-49-23-15-19-40-18-12-13-22-46(40)49)82-31-14-10-8-7-9-11-20-44(77)21-16-30-76-54-38-73(6)61(80)47-28-26-43(64)34-48(47)52-24-17-29-74(52)58-57(66)68-36-51(69-58)55(54)50(35-65)72-76/h12-13,18,22,25-28,32,34,36,39,49,52-53,56,67H,7-11,14-17,19-21,23-24,29-31,33,37-38H2,1-6H3,(H2,66,68)(H,70,79)(H,71,78)/t39-,49+,52+,53-,56+/m0/s1. The Morgan fingerprint density at radius 1 is 0.915 bits per heavy atom. The summed E-state index contributed by atoms with van der Waals surface area (Å²) in [4.78, 5) is 84.4. The lowest BCUT2D eigenvalue weighted by molar-refractivity contribution is -0.147. The SMILES string of the molecule is CN[C@@H](C)C(=O)N[C@H](C(=O)N1Cc2cc(OCCCCCCCCC(=O)CCCn3nc(C#N)c4c3CN(C)C(=O)c3ccc(F)cc3[C@H]3CCCN3c3nc-4cnc3N)ccc2C[C@H]1C(=O)N[C@@H]1CCCc2ccccc21)C(C)(C)C. The Hall–Kier alpha value is -7.72. The number of halogens is 1. The van der Waals surface area contributed by atoms with Gasteiger partial charge in [0.2, 0.25) is 17.7 Å². The topological polar surface area (TPSA) is 234 Å². The summed E-state index contributed by atoms with van der Waals surface area (Å²) in [6.07, 6.45) is 12.8. The molecule has 3 aromatic carbocycles. The number of anilines is 2. The molecule has 434 valence electrons. The molecule has 5 atom stereocenters. The second-order valence-electron chi connectivity index (χ2n) is 23.7. The number of nitrogen functional groups attached to an aromatic ring is 1. The number of hydrogen-bond acceptors (Lipinski definition) is 13. The van der Waals surface area contributed by atoms with E-state index in [4.69, 9.17) is 15.5 Å². The van der Waals surface area contributed by atoms with Gasteiger partial charge in [-0.05, 0) is 129 Å². The Morgan fingerprint density at radius 2 is 1.68 bits per heavy atom. The summed E-state index contributed by atoms with van der Waals surface area (Å²) in [6, 6.07) is 17.9. The Balaban J connectivity index is 0.757. The molecule has 1 fully saturated rings. The predicted octanol–water partition coefficient (Wildman–Crippen LogP) is 8.61. The third-order valence-electron chi connectivity index (χ3n) is 16.8.